The molecule has 1 amide bonds. The SMILES string of the molecule is CC(C)N(CCC#N)C(=O)c1ccc(C#CCO)s1. The van der Waals surface area contributed by atoms with E-state index in [0.717, 1.165) is 4.88 Å². The summed E-state index contributed by atoms with van der Waals surface area (Å²) < 4.78 is 0. The van der Waals surface area contributed by atoms with E-state index in [9.17, 15) is 4.79 Å². The van der Waals surface area contributed by atoms with Crippen LogP contribution in [-0.2, 0) is 0 Å². The molecule has 1 heterocycles. The van der Waals surface area contributed by atoms with E-state index < -0.39 is 0 Å². The largest absolute Gasteiger partial charge is 0.384 e. The highest BCUT2D eigenvalue weighted by Gasteiger charge is 2.19. The Labute approximate surface area is 117 Å². The van der Waals surface area contributed by atoms with Crippen LogP contribution in [0, 0.1) is 23.2 Å². The predicted octanol–water partition coefficient (Wildman–Crippen LogP) is 1.86. The Hall–Kier alpha value is -1.82. The van der Waals surface area contributed by atoms with Crippen molar-refractivity contribution in [2.45, 2.75) is 26.3 Å². The summed E-state index contributed by atoms with van der Waals surface area (Å²) in [7, 11) is 0. The fourth-order valence-electron chi connectivity index (χ4n) is 1.55. The van der Waals surface area contributed by atoms with Crippen molar-refractivity contribution in [2.75, 3.05) is 13.2 Å². The number of aliphatic hydroxyl groups excluding tert-OH is 1. The predicted molar refractivity (Wildman–Crippen MR) is 74.7 cm³/mol. The Balaban J connectivity index is 2.85. The molecule has 0 atom stereocenters. The van der Waals surface area contributed by atoms with Gasteiger partial charge in [-0.2, -0.15) is 5.26 Å². The number of carbonyl (C=O) groups is 1. The molecule has 0 aromatic carbocycles. The van der Waals surface area contributed by atoms with Crippen molar-refractivity contribution in [3.63, 3.8) is 0 Å². The third kappa shape index (κ3) is 4.40. The van der Waals surface area contributed by atoms with E-state index in [-0.39, 0.29) is 18.6 Å². The lowest BCUT2D eigenvalue weighted by atomic mass is 10.2. The quantitative estimate of drug-likeness (QED) is 0.854. The van der Waals surface area contributed by atoms with Gasteiger partial charge in [0.15, 0.2) is 0 Å². The summed E-state index contributed by atoms with van der Waals surface area (Å²) in [6.45, 7) is 4.09. The minimum absolute atomic E-state index is 0.0509. The fourth-order valence-corrected chi connectivity index (χ4v) is 2.39. The molecular formula is C14H16N2O2S. The van der Waals surface area contributed by atoms with Gasteiger partial charge in [-0.05, 0) is 26.0 Å². The van der Waals surface area contributed by atoms with E-state index in [1.54, 1.807) is 17.0 Å². The van der Waals surface area contributed by atoms with Crippen molar-refractivity contribution in [3.8, 4) is 17.9 Å². The number of amides is 1. The zero-order valence-corrected chi connectivity index (χ0v) is 11.8. The van der Waals surface area contributed by atoms with Crippen LogP contribution in [0.15, 0.2) is 12.1 Å². The van der Waals surface area contributed by atoms with E-state index in [0.29, 0.717) is 17.8 Å². The normalized spacial score (nSPS) is 9.63. The standard InChI is InChI=1S/C14H16N2O2S/c1-11(2)16(9-4-8-15)14(18)13-7-6-12(19-13)5-3-10-17/h6-7,11,17H,4,9-10H2,1-2H3. The van der Waals surface area contributed by atoms with E-state index in [1.165, 1.54) is 11.3 Å². The topological polar surface area (TPSA) is 64.3 Å². The van der Waals surface area contributed by atoms with Gasteiger partial charge in [-0.1, -0.05) is 11.8 Å². The molecule has 19 heavy (non-hydrogen) atoms. The molecule has 5 heteroatoms. The number of rotatable bonds is 4. The first-order valence-corrected chi connectivity index (χ1v) is 6.79. The third-order valence-electron chi connectivity index (χ3n) is 2.46. The Kier molecular flexibility index (Phi) is 6.08. The molecule has 0 bridgehead atoms. The summed E-state index contributed by atoms with van der Waals surface area (Å²) in [5.74, 6) is 5.25. The van der Waals surface area contributed by atoms with Gasteiger partial charge in [-0.3, -0.25) is 4.79 Å². The van der Waals surface area contributed by atoms with Crippen molar-refractivity contribution in [1.82, 2.24) is 4.90 Å². The van der Waals surface area contributed by atoms with Crippen molar-refractivity contribution < 1.29 is 9.90 Å². The molecule has 4 nitrogen and oxygen atoms in total. The number of hydrogen-bond donors (Lipinski definition) is 1. The van der Waals surface area contributed by atoms with Gasteiger partial charge in [0.2, 0.25) is 0 Å². The Morgan fingerprint density at radius 2 is 2.26 bits per heavy atom. The lowest BCUT2D eigenvalue weighted by Crippen LogP contribution is -2.37. The van der Waals surface area contributed by atoms with E-state index in [4.69, 9.17) is 10.4 Å². The van der Waals surface area contributed by atoms with Gasteiger partial charge in [-0.25, -0.2) is 0 Å². The van der Waals surface area contributed by atoms with Crippen LogP contribution in [0.5, 0.6) is 0 Å². The maximum absolute atomic E-state index is 12.3. The van der Waals surface area contributed by atoms with Crippen LogP contribution in [0.1, 0.15) is 34.8 Å². The maximum atomic E-state index is 12.3. The Morgan fingerprint density at radius 1 is 1.53 bits per heavy atom. The second-order valence-corrected chi connectivity index (χ2v) is 5.21. The van der Waals surface area contributed by atoms with Crippen LogP contribution in [0.4, 0.5) is 0 Å². The van der Waals surface area contributed by atoms with Crippen molar-refractivity contribution >= 4 is 17.2 Å². The second kappa shape index (κ2) is 7.58. The summed E-state index contributed by atoms with van der Waals surface area (Å²) in [5.41, 5.74) is 0. The molecule has 0 saturated heterocycles. The van der Waals surface area contributed by atoms with Crippen LogP contribution in [0.25, 0.3) is 0 Å². The van der Waals surface area contributed by atoms with E-state index in [1.807, 2.05) is 13.8 Å². The second-order valence-electron chi connectivity index (χ2n) is 4.12. The highest BCUT2D eigenvalue weighted by atomic mass is 32.1. The van der Waals surface area contributed by atoms with Gasteiger partial charge in [0.1, 0.15) is 6.61 Å². The molecule has 1 aromatic rings. The summed E-state index contributed by atoms with van der Waals surface area (Å²) in [6.07, 6.45) is 0.326. The molecule has 0 aliphatic rings. The number of nitrogens with zero attached hydrogens (tertiary/aromatic N) is 2. The van der Waals surface area contributed by atoms with Gasteiger partial charge in [-0.15, -0.1) is 11.3 Å². The number of carbonyl (C=O) groups excluding carboxylic acids is 1. The molecule has 0 radical (unpaired) electrons. The monoisotopic (exact) mass is 276 g/mol. The zero-order valence-electron chi connectivity index (χ0n) is 11.0. The maximum Gasteiger partial charge on any atom is 0.264 e. The first-order valence-electron chi connectivity index (χ1n) is 5.97. The first kappa shape index (κ1) is 15.2. The number of thiophene rings is 1. The Morgan fingerprint density at radius 3 is 2.84 bits per heavy atom. The molecule has 0 spiro atoms. The highest BCUT2D eigenvalue weighted by molar-refractivity contribution is 7.14. The van der Waals surface area contributed by atoms with Crippen LogP contribution >= 0.6 is 11.3 Å². The lowest BCUT2D eigenvalue weighted by molar-refractivity contribution is 0.0715. The average molecular weight is 276 g/mol. The fraction of sp³-hybridized carbons (Fsp3) is 0.429. The smallest absolute Gasteiger partial charge is 0.264 e. The van der Waals surface area contributed by atoms with E-state index in [2.05, 4.69) is 17.9 Å². The number of hydrogen-bond acceptors (Lipinski definition) is 4. The summed E-state index contributed by atoms with van der Waals surface area (Å²) in [4.78, 5) is 15.3. The number of aliphatic hydroxyl groups is 1. The van der Waals surface area contributed by atoms with Crippen molar-refractivity contribution in [2.24, 2.45) is 0 Å². The number of nitriles is 1. The first-order chi connectivity index (χ1) is 9.10. The molecular weight excluding hydrogens is 260 g/mol. The van der Waals surface area contributed by atoms with Crippen LogP contribution < -0.4 is 0 Å². The third-order valence-corrected chi connectivity index (χ3v) is 3.44. The van der Waals surface area contributed by atoms with Crippen molar-refractivity contribution in [3.05, 3.63) is 21.9 Å². The zero-order chi connectivity index (χ0) is 14.3. The molecule has 0 aliphatic heterocycles. The molecule has 0 fully saturated rings. The van der Waals surface area contributed by atoms with Gasteiger partial charge >= 0.3 is 0 Å². The van der Waals surface area contributed by atoms with Crippen LogP contribution in [0.3, 0.4) is 0 Å². The molecule has 0 unspecified atom stereocenters. The lowest BCUT2D eigenvalue weighted by Gasteiger charge is -2.25. The molecule has 1 aromatic heterocycles. The van der Waals surface area contributed by atoms with Gasteiger partial charge < -0.3 is 10.0 Å². The van der Waals surface area contributed by atoms with Gasteiger partial charge in [0, 0.05) is 12.6 Å². The molecule has 0 saturated carbocycles. The van der Waals surface area contributed by atoms with Gasteiger partial charge in [0.25, 0.3) is 5.91 Å². The summed E-state index contributed by atoms with van der Waals surface area (Å²) in [6, 6.07) is 5.60. The Bertz CT molecular complexity index is 532. The minimum atomic E-state index is -0.193. The summed E-state index contributed by atoms with van der Waals surface area (Å²) in [5, 5.41) is 17.3. The van der Waals surface area contributed by atoms with Gasteiger partial charge in [0.05, 0.1) is 22.2 Å². The van der Waals surface area contributed by atoms with E-state index >= 15 is 0 Å². The summed E-state index contributed by atoms with van der Waals surface area (Å²) >= 11 is 1.30. The average Bonchev–Trinajstić information content (AvgIpc) is 2.85. The van der Waals surface area contributed by atoms with Crippen LogP contribution in [0.2, 0.25) is 0 Å². The molecule has 100 valence electrons. The van der Waals surface area contributed by atoms with Crippen LogP contribution in [-0.4, -0.2) is 35.1 Å². The minimum Gasteiger partial charge on any atom is -0.384 e. The highest BCUT2D eigenvalue weighted by Crippen LogP contribution is 2.19. The van der Waals surface area contributed by atoms with Crippen molar-refractivity contribution in [1.29, 1.82) is 5.26 Å². The molecule has 0 aliphatic carbocycles. The molecule has 1 N–H and O–H groups in total. The molecule has 1 rings (SSSR count).